The first-order valence-electron chi connectivity index (χ1n) is 5.49. The second-order valence-corrected chi connectivity index (χ2v) is 5.66. The molecule has 6 heteroatoms. The van der Waals surface area contributed by atoms with Crippen LogP contribution >= 0.6 is 11.6 Å². The lowest BCUT2D eigenvalue weighted by Crippen LogP contribution is -2.51. The number of halogens is 1. The van der Waals surface area contributed by atoms with Gasteiger partial charge in [-0.2, -0.15) is 0 Å². The summed E-state index contributed by atoms with van der Waals surface area (Å²) in [4.78, 5) is 10.4. The monoisotopic (exact) mass is 272 g/mol. The Kier molecular flexibility index (Phi) is 3.88. The van der Waals surface area contributed by atoms with Crippen LogP contribution in [-0.2, 0) is 0 Å². The lowest BCUT2D eigenvalue weighted by molar-refractivity contribution is -0.384. The molecule has 1 aromatic rings. The molecule has 0 atom stereocenters. The van der Waals surface area contributed by atoms with Crippen LogP contribution in [0.5, 0.6) is 0 Å². The SMILES string of the molecule is CC(C)(O)C(C)(C)Nc1cc(Cl)ccc1[N+](=O)[O-]. The molecule has 0 aliphatic carbocycles. The fraction of sp³-hybridized carbons (Fsp3) is 0.500. The van der Waals surface area contributed by atoms with Crippen molar-refractivity contribution in [3.05, 3.63) is 33.3 Å². The van der Waals surface area contributed by atoms with Gasteiger partial charge in [-0.25, -0.2) is 0 Å². The summed E-state index contributed by atoms with van der Waals surface area (Å²) in [5.74, 6) is 0. The molecule has 0 aliphatic rings. The highest BCUT2D eigenvalue weighted by Crippen LogP contribution is 2.33. The number of aliphatic hydroxyl groups is 1. The molecule has 0 saturated heterocycles. The predicted molar refractivity (Wildman–Crippen MR) is 72.1 cm³/mol. The fourth-order valence-corrected chi connectivity index (χ4v) is 1.43. The summed E-state index contributed by atoms with van der Waals surface area (Å²) < 4.78 is 0. The van der Waals surface area contributed by atoms with Gasteiger partial charge in [-0.3, -0.25) is 10.1 Å². The van der Waals surface area contributed by atoms with E-state index in [1.54, 1.807) is 27.7 Å². The van der Waals surface area contributed by atoms with E-state index < -0.39 is 16.1 Å². The van der Waals surface area contributed by atoms with Gasteiger partial charge in [0.05, 0.1) is 16.1 Å². The maximum Gasteiger partial charge on any atom is 0.292 e. The molecule has 1 rings (SSSR count). The van der Waals surface area contributed by atoms with Crippen molar-refractivity contribution in [2.45, 2.75) is 38.8 Å². The summed E-state index contributed by atoms with van der Waals surface area (Å²) in [6, 6.07) is 4.28. The van der Waals surface area contributed by atoms with Crippen LogP contribution in [0.2, 0.25) is 5.02 Å². The largest absolute Gasteiger partial charge is 0.388 e. The minimum atomic E-state index is -1.05. The maximum atomic E-state index is 10.9. The molecule has 5 nitrogen and oxygen atoms in total. The zero-order valence-corrected chi connectivity index (χ0v) is 11.6. The lowest BCUT2D eigenvalue weighted by atomic mass is 9.85. The number of rotatable bonds is 4. The van der Waals surface area contributed by atoms with E-state index >= 15 is 0 Å². The summed E-state index contributed by atoms with van der Waals surface area (Å²) in [5.41, 5.74) is -1.58. The van der Waals surface area contributed by atoms with Crippen LogP contribution in [0.25, 0.3) is 0 Å². The molecule has 0 bridgehead atoms. The standard InChI is InChI=1S/C12H17ClN2O3/c1-11(2,12(3,4)16)14-9-7-8(13)5-6-10(9)15(17)18/h5-7,14,16H,1-4H3. The predicted octanol–water partition coefficient (Wildman–Crippen LogP) is 3.21. The molecule has 0 spiro atoms. The van der Waals surface area contributed by atoms with Crippen molar-refractivity contribution in [2.75, 3.05) is 5.32 Å². The molecular formula is C12H17ClN2O3. The molecule has 100 valence electrons. The zero-order chi connectivity index (χ0) is 14.1. The minimum Gasteiger partial charge on any atom is -0.388 e. The number of nitro benzene ring substituents is 1. The first kappa shape index (κ1) is 14.7. The summed E-state index contributed by atoms with van der Waals surface area (Å²) in [6.07, 6.45) is 0. The Morgan fingerprint density at radius 2 is 1.89 bits per heavy atom. The molecule has 2 N–H and O–H groups in total. The second kappa shape index (κ2) is 4.74. The van der Waals surface area contributed by atoms with E-state index in [-0.39, 0.29) is 5.69 Å². The van der Waals surface area contributed by atoms with E-state index in [1.807, 2.05) is 0 Å². The van der Waals surface area contributed by atoms with E-state index in [4.69, 9.17) is 11.6 Å². The van der Waals surface area contributed by atoms with E-state index in [2.05, 4.69) is 5.32 Å². The van der Waals surface area contributed by atoms with Gasteiger partial charge >= 0.3 is 0 Å². The van der Waals surface area contributed by atoms with Crippen LogP contribution in [0.15, 0.2) is 18.2 Å². The molecule has 1 aromatic carbocycles. The van der Waals surface area contributed by atoms with Gasteiger partial charge in [-0.05, 0) is 39.8 Å². The van der Waals surface area contributed by atoms with Crippen LogP contribution in [0, 0.1) is 10.1 Å². The van der Waals surface area contributed by atoms with E-state index in [0.717, 1.165) is 0 Å². The Balaban J connectivity index is 3.18. The first-order valence-corrected chi connectivity index (χ1v) is 5.87. The molecule has 0 aliphatic heterocycles. The highest BCUT2D eigenvalue weighted by Gasteiger charge is 2.36. The van der Waals surface area contributed by atoms with Gasteiger partial charge in [0.1, 0.15) is 5.69 Å². The number of hydrogen-bond acceptors (Lipinski definition) is 4. The van der Waals surface area contributed by atoms with Crippen LogP contribution in [0.3, 0.4) is 0 Å². The van der Waals surface area contributed by atoms with E-state index in [1.165, 1.54) is 18.2 Å². The number of hydrogen-bond donors (Lipinski definition) is 2. The third-order valence-electron chi connectivity index (χ3n) is 3.13. The Morgan fingerprint density at radius 1 is 1.33 bits per heavy atom. The highest BCUT2D eigenvalue weighted by molar-refractivity contribution is 6.31. The van der Waals surface area contributed by atoms with Crippen molar-refractivity contribution in [1.82, 2.24) is 0 Å². The van der Waals surface area contributed by atoms with Crippen LogP contribution in [0.1, 0.15) is 27.7 Å². The normalized spacial score (nSPS) is 12.3. The Labute approximate surface area is 111 Å². The Hall–Kier alpha value is -1.33. The van der Waals surface area contributed by atoms with Crippen molar-refractivity contribution >= 4 is 23.0 Å². The quantitative estimate of drug-likeness (QED) is 0.652. The number of nitrogens with one attached hydrogen (secondary N) is 1. The number of anilines is 1. The van der Waals surface area contributed by atoms with Gasteiger partial charge in [0.2, 0.25) is 0 Å². The molecule has 0 heterocycles. The number of benzene rings is 1. The summed E-state index contributed by atoms with van der Waals surface area (Å²) >= 11 is 5.84. The molecule has 0 fully saturated rings. The van der Waals surface area contributed by atoms with Crippen LogP contribution < -0.4 is 5.32 Å². The van der Waals surface area contributed by atoms with Crippen molar-refractivity contribution in [3.63, 3.8) is 0 Å². The van der Waals surface area contributed by atoms with Crippen molar-refractivity contribution in [1.29, 1.82) is 0 Å². The molecule has 0 amide bonds. The summed E-state index contributed by atoms with van der Waals surface area (Å²) in [6.45, 7) is 6.79. The summed E-state index contributed by atoms with van der Waals surface area (Å²) in [5, 5.41) is 24.3. The van der Waals surface area contributed by atoms with Gasteiger partial charge in [-0.1, -0.05) is 11.6 Å². The third-order valence-corrected chi connectivity index (χ3v) is 3.37. The zero-order valence-electron chi connectivity index (χ0n) is 10.8. The number of nitro groups is 1. The first-order chi connectivity index (χ1) is 8.04. The van der Waals surface area contributed by atoms with Crippen LogP contribution in [0.4, 0.5) is 11.4 Å². The molecule has 0 radical (unpaired) electrons. The van der Waals surface area contributed by atoms with Gasteiger partial charge in [0.15, 0.2) is 0 Å². The van der Waals surface area contributed by atoms with Crippen molar-refractivity contribution < 1.29 is 10.0 Å². The maximum absolute atomic E-state index is 10.9. The minimum absolute atomic E-state index is 0.0725. The second-order valence-electron chi connectivity index (χ2n) is 5.23. The van der Waals surface area contributed by atoms with Gasteiger partial charge in [0.25, 0.3) is 5.69 Å². The highest BCUT2D eigenvalue weighted by atomic mass is 35.5. The fourth-order valence-electron chi connectivity index (χ4n) is 1.26. The molecule has 0 unspecified atom stereocenters. The average molecular weight is 273 g/mol. The topological polar surface area (TPSA) is 75.4 Å². The Bertz CT molecular complexity index is 467. The average Bonchev–Trinajstić information content (AvgIpc) is 2.14. The van der Waals surface area contributed by atoms with E-state index in [0.29, 0.717) is 10.7 Å². The van der Waals surface area contributed by atoms with Gasteiger partial charge < -0.3 is 10.4 Å². The van der Waals surface area contributed by atoms with Gasteiger partial charge in [0, 0.05) is 11.1 Å². The van der Waals surface area contributed by atoms with Crippen molar-refractivity contribution in [2.24, 2.45) is 0 Å². The summed E-state index contributed by atoms with van der Waals surface area (Å²) in [7, 11) is 0. The lowest BCUT2D eigenvalue weighted by Gasteiger charge is -2.38. The molecule has 18 heavy (non-hydrogen) atoms. The smallest absolute Gasteiger partial charge is 0.292 e. The van der Waals surface area contributed by atoms with E-state index in [9.17, 15) is 15.2 Å². The molecule has 0 saturated carbocycles. The molecule has 0 aromatic heterocycles. The van der Waals surface area contributed by atoms with Gasteiger partial charge in [-0.15, -0.1) is 0 Å². The number of nitrogens with zero attached hydrogens (tertiary/aromatic N) is 1. The van der Waals surface area contributed by atoms with Crippen LogP contribution in [-0.4, -0.2) is 21.2 Å². The third kappa shape index (κ3) is 3.11. The molecular weight excluding hydrogens is 256 g/mol. The van der Waals surface area contributed by atoms with Crippen molar-refractivity contribution in [3.8, 4) is 0 Å². The Morgan fingerprint density at radius 3 is 2.33 bits per heavy atom.